The molecule has 2 aliphatic heterocycles. The molecule has 2 aliphatic rings. The summed E-state index contributed by atoms with van der Waals surface area (Å²) >= 11 is 0. The maximum absolute atomic E-state index is 12.6. The van der Waals surface area contributed by atoms with Gasteiger partial charge in [-0.2, -0.15) is 0 Å². The molecule has 2 N–H and O–H groups in total. The molecule has 1 aromatic rings. The van der Waals surface area contributed by atoms with Crippen molar-refractivity contribution in [2.45, 2.75) is 51.1 Å². The van der Waals surface area contributed by atoms with Crippen LogP contribution in [0.5, 0.6) is 0 Å². The molecule has 6 nitrogen and oxygen atoms in total. The van der Waals surface area contributed by atoms with Crippen LogP contribution in [0.15, 0.2) is 18.2 Å². The van der Waals surface area contributed by atoms with E-state index in [2.05, 4.69) is 10.6 Å². The summed E-state index contributed by atoms with van der Waals surface area (Å²) in [5.41, 5.74) is 1.62. The van der Waals surface area contributed by atoms with Crippen LogP contribution in [0, 0.1) is 0 Å². The Hall–Kier alpha value is -2.37. The van der Waals surface area contributed by atoms with E-state index in [-0.39, 0.29) is 29.8 Å². The van der Waals surface area contributed by atoms with Gasteiger partial charge in [0.1, 0.15) is 0 Å². The van der Waals surface area contributed by atoms with Gasteiger partial charge in [0.25, 0.3) is 5.91 Å². The number of likely N-dealkylation sites (N-methyl/N-ethyl adjacent to an activating group) is 1. The molecule has 0 aromatic heterocycles. The van der Waals surface area contributed by atoms with E-state index in [0.717, 1.165) is 11.3 Å². The first-order valence-electron chi connectivity index (χ1n) is 8.24. The van der Waals surface area contributed by atoms with Gasteiger partial charge in [-0.3, -0.25) is 14.4 Å². The fraction of sp³-hybridized carbons (Fsp3) is 0.500. The maximum Gasteiger partial charge on any atom is 0.251 e. The first-order chi connectivity index (χ1) is 11.2. The fourth-order valence-electron chi connectivity index (χ4n) is 3.53. The number of nitrogens with zero attached hydrogens (tertiary/aromatic N) is 1. The van der Waals surface area contributed by atoms with E-state index in [9.17, 15) is 14.4 Å². The maximum atomic E-state index is 12.6. The molecule has 0 saturated carbocycles. The normalized spacial score (nSPS) is 25.2. The molecule has 0 bridgehead atoms. The number of carbonyl (C=O) groups is 3. The molecule has 24 heavy (non-hydrogen) atoms. The molecule has 6 heteroatoms. The second-order valence-electron chi connectivity index (χ2n) is 7.20. The van der Waals surface area contributed by atoms with E-state index in [1.807, 2.05) is 26.8 Å². The van der Waals surface area contributed by atoms with Gasteiger partial charge in [-0.05, 0) is 51.0 Å². The van der Waals surface area contributed by atoms with Gasteiger partial charge in [0.15, 0.2) is 0 Å². The molecular formula is C18H23N3O3. The Kier molecular flexibility index (Phi) is 3.86. The molecule has 0 aliphatic carbocycles. The van der Waals surface area contributed by atoms with E-state index in [1.165, 1.54) is 0 Å². The van der Waals surface area contributed by atoms with Crippen LogP contribution in [-0.4, -0.2) is 36.9 Å². The van der Waals surface area contributed by atoms with Crippen LogP contribution in [0.25, 0.3) is 0 Å². The number of fused-ring (bicyclic) bond motifs is 1. The molecule has 2 unspecified atom stereocenters. The van der Waals surface area contributed by atoms with Gasteiger partial charge in [0.2, 0.25) is 11.8 Å². The van der Waals surface area contributed by atoms with Crippen LogP contribution >= 0.6 is 0 Å². The highest BCUT2D eigenvalue weighted by molar-refractivity contribution is 6.08. The molecule has 1 fully saturated rings. The van der Waals surface area contributed by atoms with E-state index in [1.54, 1.807) is 24.1 Å². The zero-order chi connectivity index (χ0) is 17.6. The lowest BCUT2D eigenvalue weighted by Crippen LogP contribution is -2.53. The third-order valence-corrected chi connectivity index (χ3v) is 5.12. The number of benzene rings is 1. The summed E-state index contributed by atoms with van der Waals surface area (Å²) < 4.78 is 0. The monoisotopic (exact) mass is 329 g/mol. The van der Waals surface area contributed by atoms with Crippen LogP contribution in [0.3, 0.4) is 0 Å². The van der Waals surface area contributed by atoms with Crippen molar-refractivity contribution in [2.75, 3.05) is 11.9 Å². The van der Waals surface area contributed by atoms with E-state index >= 15 is 0 Å². The highest BCUT2D eigenvalue weighted by Gasteiger charge is 2.42. The van der Waals surface area contributed by atoms with Crippen molar-refractivity contribution in [3.63, 3.8) is 0 Å². The minimum atomic E-state index is -0.632. The molecule has 0 radical (unpaired) electrons. The number of nitrogens with one attached hydrogen (secondary N) is 2. The van der Waals surface area contributed by atoms with Crippen molar-refractivity contribution in [1.82, 2.24) is 10.6 Å². The summed E-state index contributed by atoms with van der Waals surface area (Å²) in [4.78, 5) is 37.9. The van der Waals surface area contributed by atoms with Crippen LogP contribution in [-0.2, 0) is 15.0 Å². The van der Waals surface area contributed by atoms with Gasteiger partial charge < -0.3 is 15.5 Å². The minimum Gasteiger partial charge on any atom is -0.352 e. The molecular weight excluding hydrogens is 306 g/mol. The Bertz CT molecular complexity index is 726. The predicted octanol–water partition coefficient (Wildman–Crippen LogP) is 1.34. The quantitative estimate of drug-likeness (QED) is 0.859. The molecule has 3 amide bonds. The Balaban J connectivity index is 1.82. The molecule has 1 aromatic carbocycles. The van der Waals surface area contributed by atoms with Crippen molar-refractivity contribution in [1.29, 1.82) is 0 Å². The number of hydrogen-bond acceptors (Lipinski definition) is 3. The van der Waals surface area contributed by atoms with Gasteiger partial charge in [-0.1, -0.05) is 0 Å². The van der Waals surface area contributed by atoms with Gasteiger partial charge >= 0.3 is 0 Å². The number of piperidine rings is 1. The summed E-state index contributed by atoms with van der Waals surface area (Å²) in [6.45, 7) is 5.64. The number of amides is 3. The number of hydrogen-bond donors (Lipinski definition) is 2. The Morgan fingerprint density at radius 2 is 2.04 bits per heavy atom. The predicted molar refractivity (Wildman–Crippen MR) is 91.0 cm³/mol. The largest absolute Gasteiger partial charge is 0.352 e. The van der Waals surface area contributed by atoms with Gasteiger partial charge in [0, 0.05) is 36.8 Å². The summed E-state index contributed by atoms with van der Waals surface area (Å²) in [5, 5.41) is 5.84. The minimum absolute atomic E-state index is 0.0221. The zero-order valence-corrected chi connectivity index (χ0v) is 14.5. The SMILES string of the molecule is CC1NC(=O)CCC1NC(=O)c1ccc2c(c1)C(C)(C)C(=O)N2C. The van der Waals surface area contributed by atoms with Crippen LogP contribution < -0.4 is 15.5 Å². The lowest BCUT2D eigenvalue weighted by atomic mass is 9.85. The van der Waals surface area contributed by atoms with Crippen molar-refractivity contribution < 1.29 is 14.4 Å². The summed E-state index contributed by atoms with van der Waals surface area (Å²) in [6.07, 6.45) is 1.06. The van der Waals surface area contributed by atoms with Gasteiger partial charge in [-0.15, -0.1) is 0 Å². The van der Waals surface area contributed by atoms with Gasteiger partial charge in [-0.25, -0.2) is 0 Å². The third-order valence-electron chi connectivity index (χ3n) is 5.12. The lowest BCUT2D eigenvalue weighted by Gasteiger charge is -2.30. The molecule has 0 spiro atoms. The van der Waals surface area contributed by atoms with Crippen molar-refractivity contribution in [3.8, 4) is 0 Å². The van der Waals surface area contributed by atoms with E-state index < -0.39 is 5.41 Å². The Labute approximate surface area is 141 Å². The molecule has 3 rings (SSSR count). The Morgan fingerprint density at radius 3 is 2.71 bits per heavy atom. The zero-order valence-electron chi connectivity index (χ0n) is 14.5. The lowest BCUT2D eigenvalue weighted by molar-refractivity contribution is -0.123. The summed E-state index contributed by atoms with van der Waals surface area (Å²) in [7, 11) is 1.75. The van der Waals surface area contributed by atoms with E-state index in [0.29, 0.717) is 18.4 Å². The van der Waals surface area contributed by atoms with Crippen molar-refractivity contribution in [2.24, 2.45) is 0 Å². The van der Waals surface area contributed by atoms with Crippen LogP contribution in [0.2, 0.25) is 0 Å². The molecule has 128 valence electrons. The second-order valence-corrected chi connectivity index (χ2v) is 7.20. The highest BCUT2D eigenvalue weighted by atomic mass is 16.2. The number of rotatable bonds is 2. The summed E-state index contributed by atoms with van der Waals surface area (Å²) in [5.74, 6) is -0.129. The van der Waals surface area contributed by atoms with Gasteiger partial charge in [0.05, 0.1) is 5.41 Å². The average Bonchev–Trinajstić information content (AvgIpc) is 2.71. The number of anilines is 1. The molecule has 2 heterocycles. The van der Waals surface area contributed by atoms with Crippen LogP contribution in [0.1, 0.15) is 49.5 Å². The Morgan fingerprint density at radius 1 is 1.33 bits per heavy atom. The molecule has 2 atom stereocenters. The first-order valence-corrected chi connectivity index (χ1v) is 8.24. The van der Waals surface area contributed by atoms with E-state index in [4.69, 9.17) is 0 Å². The van der Waals surface area contributed by atoms with Crippen LogP contribution in [0.4, 0.5) is 5.69 Å². The smallest absolute Gasteiger partial charge is 0.251 e. The fourth-order valence-corrected chi connectivity index (χ4v) is 3.53. The standard InChI is InChI=1S/C18H23N3O3/c1-10-13(6-8-15(22)19-10)20-16(23)11-5-7-14-12(9-11)18(2,3)17(24)21(14)4/h5,7,9-10,13H,6,8H2,1-4H3,(H,19,22)(H,20,23). The van der Waals surface area contributed by atoms with Crippen molar-refractivity contribution in [3.05, 3.63) is 29.3 Å². The molecule has 1 saturated heterocycles. The average molecular weight is 329 g/mol. The summed E-state index contributed by atoms with van der Waals surface area (Å²) in [6, 6.07) is 5.20. The topological polar surface area (TPSA) is 78.5 Å². The highest BCUT2D eigenvalue weighted by Crippen LogP contribution is 2.41. The first kappa shape index (κ1) is 16.5. The number of carbonyl (C=O) groups excluding carboxylic acids is 3. The second kappa shape index (κ2) is 5.61. The third kappa shape index (κ3) is 2.56. The van der Waals surface area contributed by atoms with Crippen molar-refractivity contribution >= 4 is 23.4 Å².